The van der Waals surface area contributed by atoms with Crippen molar-refractivity contribution in [3.8, 4) is 0 Å². The Balaban J connectivity index is 1.59. The number of carbonyl (C=O) groups excluding carboxylic acids is 1. The van der Waals surface area contributed by atoms with Crippen LogP contribution in [0.4, 0.5) is 5.69 Å². The zero-order chi connectivity index (χ0) is 16.1. The maximum atomic E-state index is 11.8. The Labute approximate surface area is 139 Å². The number of fused-ring (bicyclic) bond motifs is 1. The summed E-state index contributed by atoms with van der Waals surface area (Å²) >= 11 is 1.71. The van der Waals surface area contributed by atoms with Gasteiger partial charge in [0, 0.05) is 36.5 Å². The molecule has 0 spiro atoms. The molecule has 0 aliphatic carbocycles. The molecule has 1 aliphatic rings. The van der Waals surface area contributed by atoms with Gasteiger partial charge in [-0.15, -0.1) is 11.3 Å². The number of para-hydroxylation sites is 1. The SMILES string of the molecule is CN=C(NCc1cccs1)NCC1CC(=O)Nc2ccccc21. The molecule has 1 aliphatic heterocycles. The molecule has 0 radical (unpaired) electrons. The van der Waals surface area contributed by atoms with Gasteiger partial charge >= 0.3 is 0 Å². The molecule has 5 nitrogen and oxygen atoms in total. The molecule has 1 aromatic carbocycles. The highest BCUT2D eigenvalue weighted by Gasteiger charge is 2.24. The van der Waals surface area contributed by atoms with E-state index in [1.165, 1.54) is 10.4 Å². The van der Waals surface area contributed by atoms with Crippen LogP contribution >= 0.6 is 11.3 Å². The van der Waals surface area contributed by atoms with Crippen molar-refractivity contribution >= 4 is 28.9 Å². The smallest absolute Gasteiger partial charge is 0.225 e. The Hall–Kier alpha value is -2.34. The predicted octanol–water partition coefficient (Wildman–Crippen LogP) is 2.54. The Morgan fingerprint density at radius 3 is 2.96 bits per heavy atom. The van der Waals surface area contributed by atoms with Gasteiger partial charge in [-0.05, 0) is 23.1 Å². The van der Waals surface area contributed by atoms with E-state index >= 15 is 0 Å². The number of guanidine groups is 1. The average molecular weight is 328 g/mol. The molecule has 1 aromatic heterocycles. The third kappa shape index (κ3) is 3.90. The summed E-state index contributed by atoms with van der Waals surface area (Å²) in [5, 5.41) is 11.6. The molecule has 0 saturated carbocycles. The topological polar surface area (TPSA) is 65.5 Å². The number of benzene rings is 1. The molecule has 6 heteroatoms. The number of nitrogens with one attached hydrogen (secondary N) is 3. The van der Waals surface area contributed by atoms with E-state index in [0.717, 1.165) is 18.2 Å². The molecular formula is C17H20N4OS. The number of thiophene rings is 1. The highest BCUT2D eigenvalue weighted by atomic mass is 32.1. The minimum atomic E-state index is 0.0667. The zero-order valence-corrected chi connectivity index (χ0v) is 13.8. The number of hydrogen-bond donors (Lipinski definition) is 3. The fourth-order valence-corrected chi connectivity index (χ4v) is 3.35. The minimum Gasteiger partial charge on any atom is -0.356 e. The monoisotopic (exact) mass is 328 g/mol. The Kier molecular flexibility index (Phi) is 4.92. The number of nitrogens with zero attached hydrogens (tertiary/aromatic N) is 1. The lowest BCUT2D eigenvalue weighted by atomic mass is 9.90. The second-order valence-corrected chi connectivity index (χ2v) is 6.45. The van der Waals surface area contributed by atoms with E-state index in [9.17, 15) is 4.79 Å². The van der Waals surface area contributed by atoms with E-state index in [2.05, 4.69) is 38.5 Å². The second-order valence-electron chi connectivity index (χ2n) is 5.42. The number of aliphatic imine (C=N–C) groups is 1. The van der Waals surface area contributed by atoms with Crippen LogP contribution in [0.3, 0.4) is 0 Å². The molecule has 3 rings (SSSR count). The molecule has 0 fully saturated rings. The van der Waals surface area contributed by atoms with Crippen LogP contribution in [0.1, 0.15) is 22.8 Å². The van der Waals surface area contributed by atoms with Crippen molar-refractivity contribution in [3.63, 3.8) is 0 Å². The molecule has 1 amide bonds. The van der Waals surface area contributed by atoms with Crippen molar-refractivity contribution in [2.75, 3.05) is 18.9 Å². The molecular weight excluding hydrogens is 308 g/mol. The van der Waals surface area contributed by atoms with Crippen LogP contribution in [0.25, 0.3) is 0 Å². The number of anilines is 1. The molecule has 3 N–H and O–H groups in total. The van der Waals surface area contributed by atoms with E-state index in [-0.39, 0.29) is 11.8 Å². The first-order valence-corrected chi connectivity index (χ1v) is 8.50. The average Bonchev–Trinajstić information content (AvgIpc) is 3.08. The molecule has 1 atom stereocenters. The van der Waals surface area contributed by atoms with Gasteiger partial charge in [-0.3, -0.25) is 9.79 Å². The first-order chi connectivity index (χ1) is 11.3. The molecule has 0 bridgehead atoms. The number of amides is 1. The van der Waals surface area contributed by atoms with Gasteiger partial charge < -0.3 is 16.0 Å². The highest BCUT2D eigenvalue weighted by molar-refractivity contribution is 7.09. The third-order valence-electron chi connectivity index (χ3n) is 3.86. The van der Waals surface area contributed by atoms with Crippen LogP contribution in [-0.4, -0.2) is 25.5 Å². The summed E-state index contributed by atoms with van der Waals surface area (Å²) in [7, 11) is 1.76. The summed E-state index contributed by atoms with van der Waals surface area (Å²) in [4.78, 5) is 17.4. The molecule has 23 heavy (non-hydrogen) atoms. The van der Waals surface area contributed by atoms with Crippen molar-refractivity contribution < 1.29 is 4.79 Å². The number of hydrogen-bond acceptors (Lipinski definition) is 3. The van der Waals surface area contributed by atoms with E-state index in [1.54, 1.807) is 18.4 Å². The summed E-state index contributed by atoms with van der Waals surface area (Å²) in [6.07, 6.45) is 0.492. The van der Waals surface area contributed by atoms with E-state index in [0.29, 0.717) is 13.0 Å². The van der Waals surface area contributed by atoms with Crippen molar-refractivity contribution in [2.45, 2.75) is 18.9 Å². The van der Waals surface area contributed by atoms with Crippen molar-refractivity contribution in [2.24, 2.45) is 4.99 Å². The molecule has 2 heterocycles. The fourth-order valence-electron chi connectivity index (χ4n) is 2.71. The van der Waals surface area contributed by atoms with E-state index in [4.69, 9.17) is 0 Å². The Bertz CT molecular complexity index is 696. The van der Waals surface area contributed by atoms with Crippen LogP contribution in [0.15, 0.2) is 46.8 Å². The summed E-state index contributed by atoms with van der Waals surface area (Å²) < 4.78 is 0. The van der Waals surface area contributed by atoms with Gasteiger partial charge in [-0.2, -0.15) is 0 Å². The first kappa shape index (κ1) is 15.6. The molecule has 0 saturated heterocycles. The van der Waals surface area contributed by atoms with Gasteiger partial charge in [0.05, 0.1) is 6.54 Å². The van der Waals surface area contributed by atoms with Crippen LogP contribution in [0.2, 0.25) is 0 Å². The van der Waals surface area contributed by atoms with Gasteiger partial charge in [0.1, 0.15) is 0 Å². The summed E-state index contributed by atoms with van der Waals surface area (Å²) in [5.74, 6) is 0.971. The lowest BCUT2D eigenvalue weighted by Gasteiger charge is -2.26. The highest BCUT2D eigenvalue weighted by Crippen LogP contribution is 2.31. The quantitative estimate of drug-likeness (QED) is 0.597. The van der Waals surface area contributed by atoms with Crippen LogP contribution in [0, 0.1) is 0 Å². The Morgan fingerprint density at radius 2 is 2.17 bits per heavy atom. The van der Waals surface area contributed by atoms with Gasteiger partial charge in [0.25, 0.3) is 0 Å². The zero-order valence-electron chi connectivity index (χ0n) is 13.0. The summed E-state index contributed by atoms with van der Waals surface area (Å²) in [6.45, 7) is 1.42. The van der Waals surface area contributed by atoms with Gasteiger partial charge in [-0.25, -0.2) is 0 Å². The largest absolute Gasteiger partial charge is 0.356 e. The van der Waals surface area contributed by atoms with Gasteiger partial charge in [0.15, 0.2) is 5.96 Å². The first-order valence-electron chi connectivity index (χ1n) is 7.62. The number of carbonyl (C=O) groups is 1. The molecule has 120 valence electrons. The van der Waals surface area contributed by atoms with Crippen LogP contribution < -0.4 is 16.0 Å². The van der Waals surface area contributed by atoms with Crippen molar-refractivity contribution in [1.29, 1.82) is 0 Å². The van der Waals surface area contributed by atoms with Gasteiger partial charge in [-0.1, -0.05) is 24.3 Å². The van der Waals surface area contributed by atoms with Crippen molar-refractivity contribution in [3.05, 3.63) is 52.2 Å². The third-order valence-corrected chi connectivity index (χ3v) is 4.73. The molecule has 2 aromatic rings. The predicted molar refractivity (Wildman–Crippen MR) is 95.0 cm³/mol. The van der Waals surface area contributed by atoms with Crippen molar-refractivity contribution in [1.82, 2.24) is 10.6 Å². The standard InChI is InChI=1S/C17H20N4OS/c1-18-17(20-11-13-5-4-8-23-13)19-10-12-9-16(22)21-15-7-3-2-6-14(12)15/h2-8,12H,9-11H2,1H3,(H,21,22)(H2,18,19,20). The van der Waals surface area contributed by atoms with E-state index < -0.39 is 0 Å². The maximum absolute atomic E-state index is 11.8. The van der Waals surface area contributed by atoms with E-state index in [1.807, 2.05) is 24.3 Å². The summed E-state index contributed by atoms with van der Waals surface area (Å²) in [6, 6.07) is 12.1. The van der Waals surface area contributed by atoms with Crippen LogP contribution in [0.5, 0.6) is 0 Å². The minimum absolute atomic E-state index is 0.0667. The van der Waals surface area contributed by atoms with Gasteiger partial charge in [0.2, 0.25) is 5.91 Å². The van der Waals surface area contributed by atoms with Crippen LogP contribution in [-0.2, 0) is 11.3 Å². The lowest BCUT2D eigenvalue weighted by molar-refractivity contribution is -0.116. The normalized spacial score (nSPS) is 17.3. The summed E-state index contributed by atoms with van der Waals surface area (Å²) in [5.41, 5.74) is 2.09. The Morgan fingerprint density at radius 1 is 1.30 bits per heavy atom. The number of rotatable bonds is 4. The fraction of sp³-hybridized carbons (Fsp3) is 0.294. The second kappa shape index (κ2) is 7.28. The lowest BCUT2D eigenvalue weighted by Crippen LogP contribution is -2.40. The maximum Gasteiger partial charge on any atom is 0.225 e. The molecule has 1 unspecified atom stereocenters.